The first kappa shape index (κ1) is 18.9. The molecule has 0 N–H and O–H groups in total. The summed E-state index contributed by atoms with van der Waals surface area (Å²) in [5.41, 5.74) is 0. The van der Waals surface area contributed by atoms with Gasteiger partial charge in [-0.2, -0.15) is 0 Å². The fraction of sp³-hybridized carbons (Fsp3) is 0.875. The Kier molecular flexibility index (Phi) is 11.1. The zero-order valence-corrected chi connectivity index (χ0v) is 13.4. The van der Waals surface area contributed by atoms with Crippen LogP contribution < -0.4 is 0 Å². The first-order valence-corrected chi connectivity index (χ1v) is 7.92. The van der Waals surface area contributed by atoms with Crippen LogP contribution >= 0.6 is 0 Å². The Bertz CT molecular complexity index is 272. The summed E-state index contributed by atoms with van der Waals surface area (Å²) in [7, 11) is 0. The van der Waals surface area contributed by atoms with Gasteiger partial charge in [0, 0.05) is 0 Å². The normalized spacial score (nSPS) is 12.2. The van der Waals surface area contributed by atoms with Crippen molar-refractivity contribution < 1.29 is 19.1 Å². The molecule has 0 aliphatic carbocycles. The summed E-state index contributed by atoms with van der Waals surface area (Å²) in [4.78, 5) is 22.8. The minimum atomic E-state index is -0.338. The van der Waals surface area contributed by atoms with E-state index in [0.717, 1.165) is 19.3 Å². The third-order valence-electron chi connectivity index (χ3n) is 3.64. The van der Waals surface area contributed by atoms with E-state index in [2.05, 4.69) is 13.8 Å². The van der Waals surface area contributed by atoms with Crippen molar-refractivity contribution in [3.05, 3.63) is 0 Å². The molecule has 0 aromatic rings. The van der Waals surface area contributed by atoms with Gasteiger partial charge in [-0.15, -0.1) is 0 Å². The van der Waals surface area contributed by atoms with Gasteiger partial charge < -0.3 is 9.47 Å². The molecule has 0 aliphatic rings. The van der Waals surface area contributed by atoms with Gasteiger partial charge in [0.15, 0.2) is 0 Å². The van der Waals surface area contributed by atoms with Crippen LogP contribution in [0.1, 0.15) is 72.6 Å². The minimum Gasteiger partial charge on any atom is -0.466 e. The maximum absolute atomic E-state index is 11.7. The summed E-state index contributed by atoms with van der Waals surface area (Å²) in [6, 6.07) is 0. The molecule has 1 atom stereocenters. The van der Waals surface area contributed by atoms with Gasteiger partial charge in [-0.3, -0.25) is 9.59 Å². The number of carbonyl (C=O) groups is 2. The summed E-state index contributed by atoms with van der Waals surface area (Å²) in [5, 5.41) is 0. The molecule has 118 valence electrons. The lowest BCUT2D eigenvalue weighted by Gasteiger charge is -2.19. The fourth-order valence-electron chi connectivity index (χ4n) is 2.15. The number of carbonyl (C=O) groups excluding carboxylic acids is 2. The highest BCUT2D eigenvalue weighted by Gasteiger charge is 2.16. The van der Waals surface area contributed by atoms with Gasteiger partial charge in [0.05, 0.1) is 19.4 Å². The van der Waals surface area contributed by atoms with Crippen molar-refractivity contribution in [1.29, 1.82) is 0 Å². The Balaban J connectivity index is 3.97. The molecule has 0 saturated carbocycles. The van der Waals surface area contributed by atoms with Crippen molar-refractivity contribution in [3.8, 4) is 0 Å². The molecule has 0 aromatic carbocycles. The first-order chi connectivity index (χ1) is 9.57. The molecule has 4 heteroatoms. The highest BCUT2D eigenvalue weighted by molar-refractivity contribution is 5.77. The van der Waals surface area contributed by atoms with Crippen LogP contribution in [0, 0.1) is 5.92 Å². The van der Waals surface area contributed by atoms with Crippen molar-refractivity contribution in [2.24, 2.45) is 5.92 Å². The third kappa shape index (κ3) is 8.94. The summed E-state index contributed by atoms with van der Waals surface area (Å²) in [6.45, 7) is 8.51. The van der Waals surface area contributed by atoms with E-state index in [1.807, 2.05) is 6.92 Å². The van der Waals surface area contributed by atoms with E-state index in [1.54, 1.807) is 6.92 Å². The summed E-state index contributed by atoms with van der Waals surface area (Å²) >= 11 is 0. The highest BCUT2D eigenvalue weighted by Crippen LogP contribution is 2.19. The molecule has 0 saturated heterocycles. The van der Waals surface area contributed by atoms with Crippen LogP contribution in [0.3, 0.4) is 0 Å². The van der Waals surface area contributed by atoms with Crippen LogP contribution in [0.4, 0.5) is 0 Å². The smallest absolute Gasteiger partial charge is 0.306 e. The molecular formula is C16H30O4. The molecule has 4 nitrogen and oxygen atoms in total. The maximum Gasteiger partial charge on any atom is 0.306 e. The summed E-state index contributed by atoms with van der Waals surface area (Å²) in [5.74, 6) is 0.0752. The largest absolute Gasteiger partial charge is 0.466 e. The van der Waals surface area contributed by atoms with Gasteiger partial charge in [-0.25, -0.2) is 0 Å². The Morgan fingerprint density at radius 1 is 0.850 bits per heavy atom. The average molecular weight is 286 g/mol. The molecule has 0 amide bonds. The number of rotatable bonds is 11. The van der Waals surface area contributed by atoms with E-state index in [0.29, 0.717) is 12.5 Å². The molecule has 1 unspecified atom stereocenters. The predicted octanol–water partition coefficient (Wildman–Crippen LogP) is 3.87. The second-order valence-electron chi connectivity index (χ2n) is 5.09. The quantitative estimate of drug-likeness (QED) is 0.541. The molecule has 0 aromatic heterocycles. The second-order valence-corrected chi connectivity index (χ2v) is 5.09. The number of hydrogen-bond acceptors (Lipinski definition) is 4. The van der Waals surface area contributed by atoms with Crippen LogP contribution in [0.2, 0.25) is 0 Å². The topological polar surface area (TPSA) is 52.6 Å². The highest BCUT2D eigenvalue weighted by atomic mass is 16.5. The number of ether oxygens (including phenoxy) is 2. The standard InChI is InChI=1S/C16H30O4/c1-5-13(6-2)9-10-14(7-3)20-16(18)12-11-15(17)19-8-4/h13-14H,5-12H2,1-4H3. The summed E-state index contributed by atoms with van der Waals surface area (Å²) in [6.07, 6.45) is 5.37. The molecule has 0 bridgehead atoms. The van der Waals surface area contributed by atoms with E-state index >= 15 is 0 Å². The number of esters is 2. The van der Waals surface area contributed by atoms with Crippen molar-refractivity contribution in [2.45, 2.75) is 78.7 Å². The van der Waals surface area contributed by atoms with Crippen LogP contribution in [0.25, 0.3) is 0 Å². The van der Waals surface area contributed by atoms with Crippen LogP contribution in [0.5, 0.6) is 0 Å². The van der Waals surface area contributed by atoms with Gasteiger partial charge in [-0.1, -0.05) is 33.6 Å². The molecule has 0 heterocycles. The Labute approximate surface area is 123 Å². The Hall–Kier alpha value is -1.06. The van der Waals surface area contributed by atoms with Gasteiger partial charge >= 0.3 is 11.9 Å². The van der Waals surface area contributed by atoms with Crippen LogP contribution in [0.15, 0.2) is 0 Å². The predicted molar refractivity (Wildman–Crippen MR) is 79.3 cm³/mol. The van der Waals surface area contributed by atoms with Crippen molar-refractivity contribution >= 4 is 11.9 Å². The second kappa shape index (κ2) is 11.7. The summed E-state index contributed by atoms with van der Waals surface area (Å²) < 4.78 is 10.2. The zero-order chi connectivity index (χ0) is 15.4. The SMILES string of the molecule is CCOC(=O)CCC(=O)OC(CC)CCC(CC)CC. The van der Waals surface area contributed by atoms with Crippen LogP contribution in [-0.2, 0) is 19.1 Å². The molecule has 0 rings (SSSR count). The zero-order valence-electron chi connectivity index (χ0n) is 13.4. The molecule has 0 spiro atoms. The molecule has 0 aliphatic heterocycles. The van der Waals surface area contributed by atoms with Crippen molar-refractivity contribution in [3.63, 3.8) is 0 Å². The molecule has 0 radical (unpaired) electrons. The van der Waals surface area contributed by atoms with Crippen molar-refractivity contribution in [2.75, 3.05) is 6.61 Å². The lowest BCUT2D eigenvalue weighted by molar-refractivity contribution is -0.154. The Morgan fingerprint density at radius 2 is 1.45 bits per heavy atom. The minimum absolute atomic E-state index is 0.0229. The monoisotopic (exact) mass is 286 g/mol. The van der Waals surface area contributed by atoms with Gasteiger partial charge in [0.25, 0.3) is 0 Å². The van der Waals surface area contributed by atoms with Crippen molar-refractivity contribution in [1.82, 2.24) is 0 Å². The molecule has 20 heavy (non-hydrogen) atoms. The van der Waals surface area contributed by atoms with E-state index in [-0.39, 0.29) is 30.9 Å². The fourth-order valence-corrected chi connectivity index (χ4v) is 2.15. The Morgan fingerprint density at radius 3 is 1.95 bits per heavy atom. The van der Waals surface area contributed by atoms with Gasteiger partial charge in [0.2, 0.25) is 0 Å². The average Bonchev–Trinajstić information content (AvgIpc) is 2.45. The lowest BCUT2D eigenvalue weighted by Crippen LogP contribution is -2.19. The maximum atomic E-state index is 11.7. The van der Waals surface area contributed by atoms with Gasteiger partial charge in [-0.05, 0) is 32.1 Å². The van der Waals surface area contributed by atoms with Crippen LogP contribution in [-0.4, -0.2) is 24.6 Å². The van der Waals surface area contributed by atoms with E-state index in [4.69, 9.17) is 9.47 Å². The van der Waals surface area contributed by atoms with E-state index in [9.17, 15) is 9.59 Å². The van der Waals surface area contributed by atoms with E-state index in [1.165, 1.54) is 12.8 Å². The molecular weight excluding hydrogens is 256 g/mol. The lowest BCUT2D eigenvalue weighted by atomic mass is 9.95. The first-order valence-electron chi connectivity index (χ1n) is 7.92. The van der Waals surface area contributed by atoms with Gasteiger partial charge in [0.1, 0.15) is 6.10 Å². The third-order valence-corrected chi connectivity index (χ3v) is 3.64. The molecule has 0 fully saturated rings. The number of hydrogen-bond donors (Lipinski definition) is 0. The van der Waals surface area contributed by atoms with E-state index < -0.39 is 0 Å².